The molecule has 0 amide bonds. The highest BCUT2D eigenvalue weighted by atomic mass is 28.3. The van der Waals surface area contributed by atoms with Gasteiger partial charge in [-0.3, -0.25) is 0 Å². The molecule has 0 saturated carbocycles. The first-order chi connectivity index (χ1) is 10.7. The Labute approximate surface area is 145 Å². The van der Waals surface area contributed by atoms with E-state index in [1.165, 1.54) is 12.8 Å². The Morgan fingerprint density at radius 2 is 1.78 bits per heavy atom. The molecule has 23 heavy (non-hydrogen) atoms. The molecule has 0 bridgehead atoms. The normalized spacial score (nSPS) is 23.1. The fourth-order valence-corrected chi connectivity index (χ4v) is 7.93. The van der Waals surface area contributed by atoms with Crippen LogP contribution in [0.4, 0.5) is 0 Å². The average Bonchev–Trinajstić information content (AvgIpc) is 3.13. The van der Waals surface area contributed by atoms with E-state index in [1.807, 2.05) is 0 Å². The van der Waals surface area contributed by atoms with Gasteiger partial charge in [-0.05, 0) is 47.7 Å². The van der Waals surface area contributed by atoms with Crippen molar-refractivity contribution in [3.05, 3.63) is 45.8 Å². The molecule has 0 aliphatic heterocycles. The summed E-state index contributed by atoms with van der Waals surface area (Å²) in [5, 5.41) is 3.57. The van der Waals surface area contributed by atoms with Gasteiger partial charge in [0.1, 0.15) is 8.07 Å². The summed E-state index contributed by atoms with van der Waals surface area (Å²) < 4.78 is 0. The minimum Gasteiger partial charge on any atom is -0.0806 e. The van der Waals surface area contributed by atoms with Crippen LogP contribution in [0.3, 0.4) is 0 Å². The zero-order chi connectivity index (χ0) is 17.4. The van der Waals surface area contributed by atoms with Crippen molar-refractivity contribution in [2.45, 2.75) is 67.5 Å². The number of allylic oxidation sites excluding steroid dienone is 8. The van der Waals surface area contributed by atoms with Crippen molar-refractivity contribution < 1.29 is 0 Å². The van der Waals surface area contributed by atoms with Crippen LogP contribution in [0.5, 0.6) is 0 Å². The van der Waals surface area contributed by atoms with Gasteiger partial charge in [-0.25, -0.2) is 0 Å². The van der Waals surface area contributed by atoms with E-state index in [0.717, 1.165) is 0 Å². The minimum absolute atomic E-state index is 0.642. The number of hydrogen-bond acceptors (Lipinski definition) is 0. The maximum absolute atomic E-state index is 2.59. The second kappa shape index (κ2) is 6.97. The predicted molar refractivity (Wildman–Crippen MR) is 107 cm³/mol. The van der Waals surface area contributed by atoms with E-state index >= 15 is 0 Å². The lowest BCUT2D eigenvalue weighted by atomic mass is 9.96. The van der Waals surface area contributed by atoms with Gasteiger partial charge in [-0.1, -0.05) is 89.3 Å². The van der Waals surface area contributed by atoms with E-state index in [2.05, 4.69) is 78.9 Å². The van der Waals surface area contributed by atoms with E-state index in [0.29, 0.717) is 23.7 Å². The maximum atomic E-state index is 2.59. The van der Waals surface area contributed by atoms with Gasteiger partial charge >= 0.3 is 0 Å². The quantitative estimate of drug-likeness (QED) is 0.467. The Kier molecular flexibility index (Phi) is 5.61. The predicted octanol–water partition coefficient (Wildman–Crippen LogP) is 6.87. The largest absolute Gasteiger partial charge is 0.104 e. The first-order valence-corrected chi connectivity index (χ1v) is 12.5. The molecule has 2 unspecified atom stereocenters. The highest BCUT2D eigenvalue weighted by Crippen LogP contribution is 2.44. The Bertz CT molecular complexity index is 567. The molecule has 2 rings (SSSR count). The second-order valence-electron chi connectivity index (χ2n) is 8.67. The van der Waals surface area contributed by atoms with Crippen LogP contribution in [-0.4, -0.2) is 8.07 Å². The molecule has 0 nitrogen and oxygen atoms in total. The van der Waals surface area contributed by atoms with Crippen LogP contribution in [0.15, 0.2) is 45.8 Å². The lowest BCUT2D eigenvalue weighted by Crippen LogP contribution is -2.37. The van der Waals surface area contributed by atoms with Gasteiger partial charge in [-0.2, -0.15) is 0 Å². The maximum Gasteiger partial charge on any atom is 0.104 e. The van der Waals surface area contributed by atoms with Gasteiger partial charge in [-0.15, -0.1) is 0 Å². The molecule has 1 heteroatoms. The van der Waals surface area contributed by atoms with E-state index in [4.69, 9.17) is 0 Å². The molecule has 0 aromatic rings. The molecule has 0 radical (unpaired) electrons. The molecule has 0 aromatic carbocycles. The topological polar surface area (TPSA) is 0 Å². The van der Waals surface area contributed by atoms with Crippen molar-refractivity contribution in [3.63, 3.8) is 0 Å². The molecule has 0 saturated heterocycles. The Morgan fingerprint density at radius 3 is 2.30 bits per heavy atom. The molecule has 0 spiro atoms. The van der Waals surface area contributed by atoms with Gasteiger partial charge in [0.25, 0.3) is 0 Å². The fraction of sp³-hybridized carbons (Fsp3) is 0.636. The fourth-order valence-electron chi connectivity index (χ4n) is 4.12. The minimum atomic E-state index is -1.57. The van der Waals surface area contributed by atoms with Crippen LogP contribution in [-0.2, 0) is 0 Å². The van der Waals surface area contributed by atoms with Crippen molar-refractivity contribution in [2.24, 2.45) is 23.7 Å². The first kappa shape index (κ1) is 18.5. The van der Waals surface area contributed by atoms with Crippen molar-refractivity contribution in [1.29, 1.82) is 0 Å². The molecule has 2 aliphatic rings. The molecule has 0 N–H and O–H groups in total. The van der Waals surface area contributed by atoms with Crippen LogP contribution in [0.2, 0.25) is 13.1 Å². The number of rotatable bonds is 6. The van der Waals surface area contributed by atoms with Crippen molar-refractivity contribution >= 4 is 8.07 Å². The summed E-state index contributed by atoms with van der Waals surface area (Å²) in [5.41, 5.74) is 3.22. The zero-order valence-corrected chi connectivity index (χ0v) is 17.5. The molecular formula is C22H36Si. The summed E-state index contributed by atoms with van der Waals surface area (Å²) >= 11 is 0. The molecule has 0 fully saturated rings. The SMILES string of the molecule is CCC(C)C1=C([Si](C)(C)C2=CC(C(C)C)=CC2C(C)C)CC=C1. The zero-order valence-electron chi connectivity index (χ0n) is 16.5. The van der Waals surface area contributed by atoms with Crippen molar-refractivity contribution in [2.75, 3.05) is 0 Å². The molecule has 0 aromatic heterocycles. The van der Waals surface area contributed by atoms with Crippen molar-refractivity contribution in [3.8, 4) is 0 Å². The third-order valence-electron chi connectivity index (χ3n) is 6.03. The molecule has 2 atom stereocenters. The van der Waals surface area contributed by atoms with Gasteiger partial charge in [0.05, 0.1) is 0 Å². The van der Waals surface area contributed by atoms with Gasteiger partial charge < -0.3 is 0 Å². The lowest BCUT2D eigenvalue weighted by Gasteiger charge is -2.34. The first-order valence-electron chi connectivity index (χ1n) is 9.53. The van der Waals surface area contributed by atoms with Crippen LogP contribution >= 0.6 is 0 Å². The van der Waals surface area contributed by atoms with Gasteiger partial charge in [0.2, 0.25) is 0 Å². The summed E-state index contributed by atoms with van der Waals surface area (Å²) in [4.78, 5) is 0. The Hall–Kier alpha value is -0.823. The van der Waals surface area contributed by atoms with Gasteiger partial charge in [0, 0.05) is 0 Å². The summed E-state index contributed by atoms with van der Waals surface area (Å²) in [6.45, 7) is 19.3. The summed E-state index contributed by atoms with van der Waals surface area (Å²) in [7, 11) is -1.57. The Morgan fingerprint density at radius 1 is 1.13 bits per heavy atom. The van der Waals surface area contributed by atoms with E-state index in [-0.39, 0.29) is 0 Å². The van der Waals surface area contributed by atoms with Crippen LogP contribution in [0.1, 0.15) is 54.4 Å². The summed E-state index contributed by atoms with van der Waals surface area (Å²) in [5.74, 6) is 2.70. The standard InChI is InChI=1S/C22H36Si/c1-9-17(6)19-11-10-12-21(19)23(7,8)22-14-18(15(2)3)13-20(22)16(4)5/h10-11,13-17,20H,9,12H2,1-8H3. The molecule has 0 heterocycles. The van der Waals surface area contributed by atoms with Crippen LogP contribution < -0.4 is 0 Å². The van der Waals surface area contributed by atoms with E-state index in [1.54, 1.807) is 21.5 Å². The third kappa shape index (κ3) is 3.50. The smallest absolute Gasteiger partial charge is 0.0806 e. The Balaban J connectivity index is 2.45. The van der Waals surface area contributed by atoms with E-state index in [9.17, 15) is 0 Å². The monoisotopic (exact) mass is 328 g/mol. The third-order valence-corrected chi connectivity index (χ3v) is 9.95. The second-order valence-corrected chi connectivity index (χ2v) is 13.1. The summed E-state index contributed by atoms with van der Waals surface area (Å²) in [6.07, 6.45) is 12.4. The van der Waals surface area contributed by atoms with Crippen molar-refractivity contribution in [1.82, 2.24) is 0 Å². The highest BCUT2D eigenvalue weighted by Gasteiger charge is 2.39. The number of hydrogen-bond donors (Lipinski definition) is 0. The van der Waals surface area contributed by atoms with Crippen LogP contribution in [0, 0.1) is 23.7 Å². The molecule has 128 valence electrons. The van der Waals surface area contributed by atoms with Crippen LogP contribution in [0.25, 0.3) is 0 Å². The lowest BCUT2D eigenvalue weighted by molar-refractivity contribution is 0.542. The van der Waals surface area contributed by atoms with Gasteiger partial charge in [0.15, 0.2) is 0 Å². The molecular weight excluding hydrogens is 292 g/mol. The molecule has 2 aliphatic carbocycles. The van der Waals surface area contributed by atoms with E-state index < -0.39 is 8.07 Å². The summed E-state index contributed by atoms with van der Waals surface area (Å²) in [6, 6.07) is 0. The highest BCUT2D eigenvalue weighted by molar-refractivity contribution is 6.91. The average molecular weight is 329 g/mol.